The Labute approximate surface area is 155 Å². The average Bonchev–Trinajstić information content (AvgIpc) is 3.07. The average molecular weight is 356 g/mol. The Morgan fingerprint density at radius 3 is 2.73 bits per heavy atom. The molecule has 1 fully saturated rings. The first-order valence-corrected chi connectivity index (χ1v) is 9.24. The van der Waals surface area contributed by atoms with E-state index in [1.54, 1.807) is 6.20 Å². The number of ether oxygens (including phenoxy) is 1. The maximum Gasteiger partial charge on any atom is 0.236 e. The van der Waals surface area contributed by atoms with Crippen LogP contribution >= 0.6 is 0 Å². The predicted octanol–water partition coefficient (Wildman–Crippen LogP) is 2.30. The second-order valence-electron chi connectivity index (χ2n) is 7.36. The van der Waals surface area contributed by atoms with E-state index < -0.39 is 0 Å². The van der Waals surface area contributed by atoms with Gasteiger partial charge < -0.3 is 9.64 Å². The van der Waals surface area contributed by atoms with Crippen LogP contribution in [-0.4, -0.2) is 58.2 Å². The van der Waals surface area contributed by atoms with Gasteiger partial charge >= 0.3 is 0 Å². The van der Waals surface area contributed by atoms with Crippen molar-refractivity contribution in [3.63, 3.8) is 0 Å². The van der Waals surface area contributed by atoms with Crippen LogP contribution in [0.15, 0.2) is 42.6 Å². The highest BCUT2D eigenvalue weighted by molar-refractivity contribution is 5.78. The number of hydrogen-bond acceptors (Lipinski definition) is 4. The first kappa shape index (κ1) is 18.6. The van der Waals surface area contributed by atoms with Gasteiger partial charge in [-0.3, -0.25) is 14.8 Å². The van der Waals surface area contributed by atoms with Crippen LogP contribution in [0.2, 0.25) is 0 Å². The van der Waals surface area contributed by atoms with Crippen LogP contribution in [0.5, 0.6) is 0 Å². The smallest absolute Gasteiger partial charge is 0.236 e. The molecule has 0 spiro atoms. The molecule has 1 N–H and O–H groups in total. The number of nitrogens with zero attached hydrogens (tertiary/aromatic N) is 3. The summed E-state index contributed by atoms with van der Waals surface area (Å²) in [6, 6.07) is 12.1. The lowest BCUT2D eigenvalue weighted by atomic mass is 10.2. The summed E-state index contributed by atoms with van der Waals surface area (Å²) in [7, 11) is 0. The van der Waals surface area contributed by atoms with Gasteiger partial charge in [-0.15, -0.1) is 0 Å². The van der Waals surface area contributed by atoms with Crippen molar-refractivity contribution in [3.05, 3.63) is 53.9 Å². The van der Waals surface area contributed by atoms with E-state index in [9.17, 15) is 4.79 Å². The van der Waals surface area contributed by atoms with Crippen LogP contribution in [-0.2, 0) is 22.7 Å². The van der Waals surface area contributed by atoms with E-state index in [2.05, 4.69) is 41.1 Å². The van der Waals surface area contributed by atoms with Crippen LogP contribution in [0.1, 0.15) is 25.1 Å². The van der Waals surface area contributed by atoms with Gasteiger partial charge in [-0.05, 0) is 17.5 Å². The number of hydrogen-bond donors (Lipinski definition) is 1. The fourth-order valence-electron chi connectivity index (χ4n) is 3.29. The van der Waals surface area contributed by atoms with E-state index in [-0.39, 0.29) is 12.0 Å². The van der Waals surface area contributed by atoms with Crippen molar-refractivity contribution in [2.45, 2.75) is 33.1 Å². The van der Waals surface area contributed by atoms with Crippen molar-refractivity contribution < 1.29 is 9.53 Å². The highest BCUT2D eigenvalue weighted by Gasteiger charge is 2.28. The second kappa shape index (κ2) is 8.96. The minimum Gasteiger partial charge on any atom is -0.370 e. The third-order valence-corrected chi connectivity index (χ3v) is 4.46. The standard InChI is InChI=1S/C20H28N4O2/c1-16(2)10-24-13-19(26-15-17-6-4-3-5-7-17)12-23(14-20(24)25)11-18-8-9-21-22-18/h3-9,16,19H,10-15H2,1-2H3,(H,21,22)/t19-/m0/s1. The van der Waals surface area contributed by atoms with E-state index in [1.165, 1.54) is 0 Å². The maximum atomic E-state index is 12.7. The lowest BCUT2D eigenvalue weighted by Gasteiger charge is -2.26. The van der Waals surface area contributed by atoms with Crippen molar-refractivity contribution in [3.8, 4) is 0 Å². The van der Waals surface area contributed by atoms with Crippen molar-refractivity contribution in [2.24, 2.45) is 5.92 Å². The highest BCUT2D eigenvalue weighted by atomic mass is 16.5. The fraction of sp³-hybridized carbons (Fsp3) is 0.500. The molecule has 6 heteroatoms. The molecule has 2 heterocycles. The summed E-state index contributed by atoms with van der Waals surface area (Å²) >= 11 is 0. The van der Waals surface area contributed by atoms with Gasteiger partial charge in [0.05, 0.1) is 19.3 Å². The summed E-state index contributed by atoms with van der Waals surface area (Å²) in [4.78, 5) is 16.8. The van der Waals surface area contributed by atoms with Crippen LogP contribution in [0.3, 0.4) is 0 Å². The number of rotatable bonds is 7. The molecule has 1 amide bonds. The largest absolute Gasteiger partial charge is 0.370 e. The van der Waals surface area contributed by atoms with Gasteiger partial charge in [0, 0.05) is 38.1 Å². The number of nitrogens with one attached hydrogen (secondary N) is 1. The van der Waals surface area contributed by atoms with Gasteiger partial charge in [-0.2, -0.15) is 5.10 Å². The van der Waals surface area contributed by atoms with Crippen molar-refractivity contribution in [2.75, 3.05) is 26.2 Å². The summed E-state index contributed by atoms with van der Waals surface area (Å²) in [5.74, 6) is 0.608. The number of amides is 1. The zero-order valence-electron chi connectivity index (χ0n) is 15.6. The van der Waals surface area contributed by atoms with E-state index in [0.717, 1.165) is 24.3 Å². The van der Waals surface area contributed by atoms with Gasteiger partial charge in [-0.25, -0.2) is 0 Å². The molecule has 1 aliphatic rings. The normalized spacial score (nSPS) is 19.1. The zero-order valence-corrected chi connectivity index (χ0v) is 15.6. The summed E-state index contributed by atoms with van der Waals surface area (Å²) in [6.45, 7) is 8.06. The summed E-state index contributed by atoms with van der Waals surface area (Å²) in [6.07, 6.45) is 1.73. The Morgan fingerprint density at radius 2 is 2.04 bits per heavy atom. The van der Waals surface area contributed by atoms with Crippen molar-refractivity contribution in [1.82, 2.24) is 20.0 Å². The van der Waals surface area contributed by atoms with Crippen molar-refractivity contribution >= 4 is 5.91 Å². The summed E-state index contributed by atoms with van der Waals surface area (Å²) in [5.41, 5.74) is 2.16. The number of H-pyrrole nitrogens is 1. The Balaban J connectivity index is 1.67. The van der Waals surface area contributed by atoms with E-state index >= 15 is 0 Å². The maximum absolute atomic E-state index is 12.7. The molecule has 2 aromatic rings. The van der Waals surface area contributed by atoms with Crippen LogP contribution in [0, 0.1) is 5.92 Å². The number of aromatic nitrogens is 2. The third kappa shape index (κ3) is 5.41. The lowest BCUT2D eigenvalue weighted by Crippen LogP contribution is -2.40. The Morgan fingerprint density at radius 1 is 1.23 bits per heavy atom. The molecule has 0 bridgehead atoms. The third-order valence-electron chi connectivity index (χ3n) is 4.46. The molecule has 0 aliphatic carbocycles. The molecule has 26 heavy (non-hydrogen) atoms. The molecule has 0 saturated carbocycles. The minimum atomic E-state index is -0.0108. The SMILES string of the molecule is CC(C)CN1C[C@@H](OCc2ccccc2)CN(Cc2ccn[nH]2)CC1=O. The number of benzene rings is 1. The number of aromatic amines is 1. The van der Waals surface area contributed by atoms with Gasteiger partial charge in [0.15, 0.2) is 0 Å². The minimum absolute atomic E-state index is 0.0108. The monoisotopic (exact) mass is 356 g/mol. The zero-order chi connectivity index (χ0) is 18.4. The Hall–Kier alpha value is -2.18. The molecule has 1 saturated heterocycles. The van der Waals surface area contributed by atoms with Crippen LogP contribution in [0.4, 0.5) is 0 Å². The molecule has 1 aliphatic heterocycles. The quantitative estimate of drug-likeness (QED) is 0.827. The Kier molecular flexibility index (Phi) is 6.41. The molecule has 1 aromatic heterocycles. The van der Waals surface area contributed by atoms with Crippen molar-refractivity contribution in [1.29, 1.82) is 0 Å². The first-order valence-electron chi connectivity index (χ1n) is 9.24. The van der Waals surface area contributed by atoms with E-state index in [4.69, 9.17) is 4.74 Å². The predicted molar refractivity (Wildman–Crippen MR) is 100 cm³/mol. The number of carbonyl (C=O) groups is 1. The van der Waals surface area contributed by atoms with Gasteiger partial charge in [-0.1, -0.05) is 44.2 Å². The molecular formula is C20H28N4O2. The van der Waals surface area contributed by atoms with E-state index in [0.29, 0.717) is 32.2 Å². The van der Waals surface area contributed by atoms with Gasteiger partial charge in [0.1, 0.15) is 0 Å². The molecule has 140 valence electrons. The molecule has 6 nitrogen and oxygen atoms in total. The topological polar surface area (TPSA) is 61.5 Å². The highest BCUT2D eigenvalue weighted by Crippen LogP contribution is 2.14. The lowest BCUT2D eigenvalue weighted by molar-refractivity contribution is -0.132. The summed E-state index contributed by atoms with van der Waals surface area (Å²) in [5, 5.41) is 6.98. The summed E-state index contributed by atoms with van der Waals surface area (Å²) < 4.78 is 6.20. The first-order chi connectivity index (χ1) is 12.6. The number of carbonyl (C=O) groups excluding carboxylic acids is 1. The fourth-order valence-corrected chi connectivity index (χ4v) is 3.29. The molecule has 0 radical (unpaired) electrons. The second-order valence-corrected chi connectivity index (χ2v) is 7.36. The molecule has 1 aromatic carbocycles. The van der Waals surface area contributed by atoms with Gasteiger partial charge in [0.25, 0.3) is 0 Å². The Bertz CT molecular complexity index is 672. The molecular weight excluding hydrogens is 328 g/mol. The van der Waals surface area contributed by atoms with Crippen LogP contribution < -0.4 is 0 Å². The molecule has 3 rings (SSSR count). The van der Waals surface area contributed by atoms with Crippen LogP contribution in [0.25, 0.3) is 0 Å². The van der Waals surface area contributed by atoms with Gasteiger partial charge in [0.2, 0.25) is 5.91 Å². The molecule has 0 unspecified atom stereocenters. The molecule has 1 atom stereocenters. The van der Waals surface area contributed by atoms with E-state index in [1.807, 2.05) is 29.2 Å².